The second-order valence-electron chi connectivity index (χ2n) is 5.51. The second-order valence-corrected chi connectivity index (χ2v) is 5.89. The van der Waals surface area contributed by atoms with E-state index >= 15 is 0 Å². The maximum atomic E-state index is 12.0. The van der Waals surface area contributed by atoms with Crippen LogP contribution in [0.2, 0.25) is 5.02 Å². The van der Waals surface area contributed by atoms with Crippen molar-refractivity contribution in [3.05, 3.63) is 21.6 Å². The molecule has 1 aliphatic rings. The number of halogens is 1. The molecule has 0 amide bonds. The fraction of sp³-hybridized carbons (Fsp3) is 0.692. The third-order valence-electron chi connectivity index (χ3n) is 3.55. The fourth-order valence-electron chi connectivity index (χ4n) is 2.14. The van der Waals surface area contributed by atoms with E-state index < -0.39 is 0 Å². The van der Waals surface area contributed by atoms with Gasteiger partial charge < -0.3 is 10.1 Å². The van der Waals surface area contributed by atoms with Crippen LogP contribution in [0, 0.1) is 5.92 Å². The average Bonchev–Trinajstić information content (AvgIpc) is 3.18. The Morgan fingerprint density at radius 1 is 1.58 bits per heavy atom. The molecule has 1 heterocycles. The average molecular weight is 286 g/mol. The summed E-state index contributed by atoms with van der Waals surface area (Å²) in [6.07, 6.45) is 4.05. The van der Waals surface area contributed by atoms with Gasteiger partial charge >= 0.3 is 0 Å². The molecular formula is C13H20ClN3O2. The minimum Gasteiger partial charge on any atom is -0.383 e. The van der Waals surface area contributed by atoms with Crippen LogP contribution in [0.25, 0.3) is 0 Å². The van der Waals surface area contributed by atoms with Crippen LogP contribution in [-0.2, 0) is 11.3 Å². The summed E-state index contributed by atoms with van der Waals surface area (Å²) in [7, 11) is 1.58. The van der Waals surface area contributed by atoms with Crippen molar-refractivity contribution in [2.75, 3.05) is 19.0 Å². The van der Waals surface area contributed by atoms with Crippen molar-refractivity contribution in [2.45, 2.75) is 38.8 Å². The van der Waals surface area contributed by atoms with E-state index in [0.717, 1.165) is 0 Å². The van der Waals surface area contributed by atoms with Crippen LogP contribution in [0.15, 0.2) is 11.0 Å². The van der Waals surface area contributed by atoms with Gasteiger partial charge in [0, 0.05) is 12.6 Å². The van der Waals surface area contributed by atoms with E-state index in [9.17, 15) is 4.79 Å². The van der Waals surface area contributed by atoms with Gasteiger partial charge in [-0.3, -0.25) is 4.79 Å². The van der Waals surface area contributed by atoms with E-state index in [4.69, 9.17) is 16.3 Å². The Bertz CT molecular complexity index is 509. The first-order chi connectivity index (χ1) is 8.95. The molecule has 1 aliphatic carbocycles. The van der Waals surface area contributed by atoms with E-state index in [0.29, 0.717) is 24.8 Å². The van der Waals surface area contributed by atoms with Gasteiger partial charge in [0.2, 0.25) is 0 Å². The molecule has 0 atom stereocenters. The maximum absolute atomic E-state index is 12.0. The van der Waals surface area contributed by atoms with Crippen molar-refractivity contribution in [1.82, 2.24) is 9.78 Å². The molecule has 0 unspecified atom stereocenters. The predicted octanol–water partition coefficient (Wildman–Crippen LogP) is 2.14. The molecule has 2 rings (SSSR count). The zero-order valence-electron chi connectivity index (χ0n) is 11.6. The Balaban J connectivity index is 2.18. The van der Waals surface area contributed by atoms with Gasteiger partial charge in [0.15, 0.2) is 0 Å². The van der Waals surface area contributed by atoms with Crippen LogP contribution in [0.1, 0.15) is 26.7 Å². The molecule has 0 spiro atoms. The summed E-state index contributed by atoms with van der Waals surface area (Å²) < 4.78 is 6.25. The van der Waals surface area contributed by atoms with E-state index in [-0.39, 0.29) is 16.1 Å². The molecule has 5 nitrogen and oxygen atoms in total. The Hall–Kier alpha value is -1.07. The molecule has 0 bridgehead atoms. The Kier molecular flexibility index (Phi) is 4.16. The number of hydrogen-bond donors (Lipinski definition) is 1. The van der Waals surface area contributed by atoms with Crippen molar-refractivity contribution in [3.8, 4) is 0 Å². The smallest absolute Gasteiger partial charge is 0.287 e. The SMILES string of the molecule is COCCn1ncc(NC(C)(C)C2CC2)c(Cl)c1=O. The molecular weight excluding hydrogens is 266 g/mol. The Morgan fingerprint density at radius 3 is 2.84 bits per heavy atom. The standard InChI is InChI=1S/C13H20ClN3O2/c1-13(2,9-4-5-9)16-10-8-15-17(6-7-19-3)12(18)11(10)14/h8-9,16H,4-7H2,1-3H3. The summed E-state index contributed by atoms with van der Waals surface area (Å²) in [4.78, 5) is 12.0. The summed E-state index contributed by atoms with van der Waals surface area (Å²) in [5.41, 5.74) is 0.267. The van der Waals surface area contributed by atoms with Crippen molar-refractivity contribution in [2.24, 2.45) is 5.92 Å². The van der Waals surface area contributed by atoms with Crippen LogP contribution in [-0.4, -0.2) is 29.0 Å². The van der Waals surface area contributed by atoms with Gasteiger partial charge in [-0.1, -0.05) is 11.6 Å². The summed E-state index contributed by atoms with van der Waals surface area (Å²) in [5, 5.41) is 7.65. The molecule has 0 radical (unpaired) electrons. The summed E-state index contributed by atoms with van der Waals surface area (Å²) in [5.74, 6) is 0.638. The van der Waals surface area contributed by atoms with Gasteiger partial charge in [-0.25, -0.2) is 4.68 Å². The lowest BCUT2D eigenvalue weighted by atomic mass is 9.98. The van der Waals surface area contributed by atoms with E-state index in [1.165, 1.54) is 17.5 Å². The Labute approximate surface area is 117 Å². The number of ether oxygens (including phenoxy) is 1. The lowest BCUT2D eigenvalue weighted by Gasteiger charge is -2.27. The fourth-order valence-corrected chi connectivity index (χ4v) is 2.34. The lowest BCUT2D eigenvalue weighted by Crippen LogP contribution is -2.35. The molecule has 19 heavy (non-hydrogen) atoms. The lowest BCUT2D eigenvalue weighted by molar-refractivity contribution is 0.182. The number of nitrogens with one attached hydrogen (secondary N) is 1. The third-order valence-corrected chi connectivity index (χ3v) is 3.91. The van der Waals surface area contributed by atoms with E-state index in [1.807, 2.05) is 0 Å². The molecule has 0 saturated heterocycles. The molecule has 1 saturated carbocycles. The molecule has 1 aromatic heterocycles. The quantitative estimate of drug-likeness (QED) is 0.870. The van der Waals surface area contributed by atoms with Crippen molar-refractivity contribution in [1.29, 1.82) is 0 Å². The number of nitrogens with zero attached hydrogens (tertiary/aromatic N) is 2. The molecule has 1 aromatic rings. The zero-order valence-corrected chi connectivity index (χ0v) is 12.3. The van der Waals surface area contributed by atoms with Gasteiger partial charge in [-0.2, -0.15) is 5.10 Å². The maximum Gasteiger partial charge on any atom is 0.287 e. The molecule has 106 valence electrons. The minimum absolute atomic E-state index is 0.0591. The number of methoxy groups -OCH3 is 1. The highest BCUT2D eigenvalue weighted by atomic mass is 35.5. The van der Waals surface area contributed by atoms with Gasteiger partial charge in [-0.15, -0.1) is 0 Å². The third kappa shape index (κ3) is 3.28. The highest BCUT2D eigenvalue weighted by Gasteiger charge is 2.38. The summed E-state index contributed by atoms with van der Waals surface area (Å²) in [6, 6.07) is 0. The van der Waals surface area contributed by atoms with Crippen LogP contribution in [0.5, 0.6) is 0 Å². The monoisotopic (exact) mass is 285 g/mol. The molecule has 0 aromatic carbocycles. The van der Waals surface area contributed by atoms with Gasteiger partial charge in [0.1, 0.15) is 5.02 Å². The second kappa shape index (κ2) is 5.51. The van der Waals surface area contributed by atoms with Crippen molar-refractivity contribution < 1.29 is 4.74 Å². The molecule has 1 N–H and O–H groups in total. The zero-order chi connectivity index (χ0) is 14.0. The summed E-state index contributed by atoms with van der Waals surface area (Å²) in [6.45, 7) is 5.08. The largest absolute Gasteiger partial charge is 0.383 e. The van der Waals surface area contributed by atoms with Crippen LogP contribution >= 0.6 is 11.6 Å². The topological polar surface area (TPSA) is 56.1 Å². The van der Waals surface area contributed by atoms with Crippen molar-refractivity contribution >= 4 is 17.3 Å². The molecule has 6 heteroatoms. The normalized spacial score (nSPS) is 15.6. The minimum atomic E-state index is -0.282. The summed E-state index contributed by atoms with van der Waals surface area (Å²) >= 11 is 6.13. The van der Waals surface area contributed by atoms with Gasteiger partial charge in [0.05, 0.1) is 25.0 Å². The van der Waals surface area contributed by atoms with E-state index in [2.05, 4.69) is 24.3 Å². The Morgan fingerprint density at radius 2 is 2.26 bits per heavy atom. The van der Waals surface area contributed by atoms with Crippen LogP contribution in [0.3, 0.4) is 0 Å². The van der Waals surface area contributed by atoms with Gasteiger partial charge in [-0.05, 0) is 32.6 Å². The van der Waals surface area contributed by atoms with Crippen LogP contribution < -0.4 is 10.9 Å². The molecule has 1 fully saturated rings. The highest BCUT2D eigenvalue weighted by Crippen LogP contribution is 2.41. The first kappa shape index (κ1) is 14.3. The first-order valence-corrected chi connectivity index (χ1v) is 6.86. The highest BCUT2D eigenvalue weighted by molar-refractivity contribution is 6.32. The van der Waals surface area contributed by atoms with Gasteiger partial charge in [0.25, 0.3) is 5.56 Å². The number of anilines is 1. The van der Waals surface area contributed by atoms with E-state index in [1.54, 1.807) is 13.3 Å². The van der Waals surface area contributed by atoms with Crippen LogP contribution in [0.4, 0.5) is 5.69 Å². The first-order valence-electron chi connectivity index (χ1n) is 6.48. The molecule has 0 aliphatic heterocycles. The predicted molar refractivity (Wildman–Crippen MR) is 75.8 cm³/mol. The van der Waals surface area contributed by atoms with Crippen molar-refractivity contribution in [3.63, 3.8) is 0 Å². The number of rotatable bonds is 6. The number of aromatic nitrogens is 2. The number of hydrogen-bond acceptors (Lipinski definition) is 4.